The van der Waals surface area contributed by atoms with E-state index >= 15 is 0 Å². The number of aliphatic carboxylic acids is 1. The number of aliphatic hydroxyl groups is 1. The van der Waals surface area contributed by atoms with E-state index in [1.165, 1.54) is 4.90 Å². The van der Waals surface area contributed by atoms with Gasteiger partial charge in [-0.05, 0) is 43.9 Å². The predicted octanol–water partition coefficient (Wildman–Crippen LogP) is 4.43. The molecule has 0 aromatic heterocycles. The molecule has 178 valence electrons. The average Bonchev–Trinajstić information content (AvgIpc) is 3.27. The van der Waals surface area contributed by atoms with E-state index in [1.54, 1.807) is 43.8 Å². The number of carboxylic acid groups (broad SMARTS) is 1. The Labute approximate surface area is 202 Å². The molecule has 34 heavy (non-hydrogen) atoms. The van der Waals surface area contributed by atoms with E-state index < -0.39 is 35.7 Å². The van der Waals surface area contributed by atoms with Crippen LogP contribution in [0.2, 0.25) is 0 Å². The smallest absolute Gasteiger partial charge is 0.341 e. The standard InChI is InChI=1S/C26H27NO6S/c1-5-11-34-13-15-9-10-17(14(15)2)27-22-20-16(7-6-8-18(20)33-12-19(28)29)26(3,4)24(31)21(22)23(30)25(27)32/h5-11,14,22,30H,12-13H2,1-4H3,(H,28,29)/b11-5-/t14-,22?/m0/s1. The summed E-state index contributed by atoms with van der Waals surface area (Å²) in [6, 6.07) is 4.24. The molecule has 4 rings (SSSR count). The first-order valence-corrected chi connectivity index (χ1v) is 12.1. The molecule has 1 aliphatic heterocycles. The van der Waals surface area contributed by atoms with Gasteiger partial charge in [0, 0.05) is 22.9 Å². The van der Waals surface area contributed by atoms with Gasteiger partial charge in [-0.2, -0.15) is 0 Å². The van der Waals surface area contributed by atoms with E-state index in [4.69, 9.17) is 9.84 Å². The second-order valence-corrected chi connectivity index (χ2v) is 9.92. The average molecular weight is 482 g/mol. The molecule has 8 heteroatoms. The number of carbonyl (C=O) groups excluding carboxylic acids is 2. The summed E-state index contributed by atoms with van der Waals surface area (Å²) in [7, 11) is 0. The molecule has 1 heterocycles. The third-order valence-corrected chi connectivity index (χ3v) is 7.58. The van der Waals surface area contributed by atoms with Gasteiger partial charge in [-0.15, -0.1) is 11.8 Å². The summed E-state index contributed by atoms with van der Waals surface area (Å²) in [5, 5.41) is 22.0. The number of Topliss-reactive ketones (excluding diaryl/α,β-unsaturated/α-hetero) is 1. The Morgan fingerprint density at radius 3 is 2.68 bits per heavy atom. The minimum atomic E-state index is -1.14. The highest BCUT2D eigenvalue weighted by atomic mass is 32.2. The molecular weight excluding hydrogens is 454 g/mol. The molecule has 7 nitrogen and oxygen atoms in total. The summed E-state index contributed by atoms with van der Waals surface area (Å²) in [4.78, 5) is 39.6. The number of ketones is 1. The summed E-state index contributed by atoms with van der Waals surface area (Å²) in [5.74, 6) is -1.75. The zero-order chi connectivity index (χ0) is 24.8. The van der Waals surface area contributed by atoms with Crippen LogP contribution in [0.4, 0.5) is 0 Å². The summed E-state index contributed by atoms with van der Waals surface area (Å²) in [6.07, 6.45) is 5.79. The minimum absolute atomic E-state index is 0.0266. The van der Waals surface area contributed by atoms with Gasteiger partial charge in [0.1, 0.15) is 5.75 Å². The maximum atomic E-state index is 13.5. The minimum Gasteiger partial charge on any atom is -0.503 e. The fraction of sp³-hybridized carbons (Fsp3) is 0.346. The van der Waals surface area contributed by atoms with E-state index in [1.807, 2.05) is 37.5 Å². The zero-order valence-electron chi connectivity index (χ0n) is 19.5. The topological polar surface area (TPSA) is 104 Å². The van der Waals surface area contributed by atoms with E-state index in [0.29, 0.717) is 16.8 Å². The van der Waals surface area contributed by atoms with Gasteiger partial charge in [-0.1, -0.05) is 36.8 Å². The SMILES string of the molecule is C/C=C\SCC1=CC=C(N2C(=O)C(O)=C3C(=O)C(C)(C)c4cccc(OCC(=O)O)c4C32)[C@H]1C. The number of allylic oxidation sites excluding steroid dienone is 4. The number of thioether (sulfide) groups is 1. The van der Waals surface area contributed by atoms with Crippen LogP contribution >= 0.6 is 11.8 Å². The van der Waals surface area contributed by atoms with Crippen molar-refractivity contribution in [2.75, 3.05) is 12.4 Å². The number of fused-ring (bicyclic) bond motifs is 3. The molecule has 0 saturated heterocycles. The fourth-order valence-electron chi connectivity index (χ4n) is 4.85. The molecule has 2 aliphatic carbocycles. The number of amides is 1. The van der Waals surface area contributed by atoms with Crippen molar-refractivity contribution in [3.05, 3.63) is 75.6 Å². The van der Waals surface area contributed by atoms with Gasteiger partial charge in [-0.3, -0.25) is 14.5 Å². The zero-order valence-corrected chi connectivity index (χ0v) is 20.3. The lowest BCUT2D eigenvalue weighted by molar-refractivity contribution is -0.139. The lowest BCUT2D eigenvalue weighted by atomic mass is 9.67. The molecule has 1 aromatic carbocycles. The third kappa shape index (κ3) is 3.66. The Morgan fingerprint density at radius 1 is 1.26 bits per heavy atom. The van der Waals surface area contributed by atoms with Gasteiger partial charge in [0.2, 0.25) is 0 Å². The number of ether oxygens (including phenoxy) is 1. The first-order chi connectivity index (χ1) is 16.1. The van der Waals surface area contributed by atoms with Crippen molar-refractivity contribution in [3.63, 3.8) is 0 Å². The molecule has 0 bridgehead atoms. The highest BCUT2D eigenvalue weighted by molar-refractivity contribution is 8.02. The maximum Gasteiger partial charge on any atom is 0.341 e. The predicted molar refractivity (Wildman–Crippen MR) is 129 cm³/mol. The van der Waals surface area contributed by atoms with Crippen LogP contribution in [0, 0.1) is 5.92 Å². The number of carbonyl (C=O) groups is 3. The van der Waals surface area contributed by atoms with Crippen LogP contribution in [-0.4, -0.2) is 45.1 Å². The van der Waals surface area contributed by atoms with E-state index in [9.17, 15) is 19.5 Å². The molecule has 3 aliphatic rings. The Balaban J connectivity index is 1.82. The number of benzene rings is 1. The van der Waals surface area contributed by atoms with Gasteiger partial charge >= 0.3 is 5.97 Å². The molecule has 0 radical (unpaired) electrons. The molecule has 0 fully saturated rings. The number of nitrogens with zero attached hydrogens (tertiary/aromatic N) is 1. The van der Waals surface area contributed by atoms with E-state index in [-0.39, 0.29) is 23.0 Å². The van der Waals surface area contributed by atoms with Crippen molar-refractivity contribution >= 4 is 29.4 Å². The normalized spacial score (nSPS) is 23.2. The number of rotatable bonds is 7. The Kier molecular flexibility index (Phi) is 6.20. The number of carboxylic acids is 1. The number of aliphatic hydroxyl groups excluding tert-OH is 1. The quantitative estimate of drug-likeness (QED) is 0.594. The largest absolute Gasteiger partial charge is 0.503 e. The lowest BCUT2D eigenvalue weighted by Crippen LogP contribution is -2.42. The van der Waals surface area contributed by atoms with Crippen LogP contribution in [-0.2, 0) is 19.8 Å². The van der Waals surface area contributed by atoms with Crippen LogP contribution in [0.15, 0.2) is 64.4 Å². The van der Waals surface area contributed by atoms with Crippen LogP contribution in [0.5, 0.6) is 5.75 Å². The second-order valence-electron chi connectivity index (χ2n) is 9.03. The Morgan fingerprint density at radius 2 is 2.00 bits per heavy atom. The van der Waals surface area contributed by atoms with Crippen molar-refractivity contribution in [1.82, 2.24) is 4.90 Å². The van der Waals surface area contributed by atoms with Crippen LogP contribution in [0.1, 0.15) is 44.9 Å². The highest BCUT2D eigenvalue weighted by Crippen LogP contribution is 2.54. The van der Waals surface area contributed by atoms with Gasteiger partial charge in [0.05, 0.1) is 17.0 Å². The van der Waals surface area contributed by atoms with Gasteiger partial charge < -0.3 is 14.9 Å². The summed E-state index contributed by atoms with van der Waals surface area (Å²) >= 11 is 1.65. The summed E-state index contributed by atoms with van der Waals surface area (Å²) in [6.45, 7) is 6.84. The summed E-state index contributed by atoms with van der Waals surface area (Å²) in [5.41, 5.74) is 1.97. The molecule has 1 unspecified atom stereocenters. The molecule has 1 aromatic rings. The van der Waals surface area contributed by atoms with E-state index in [0.717, 1.165) is 11.3 Å². The Bertz CT molecular complexity index is 1210. The lowest BCUT2D eigenvalue weighted by Gasteiger charge is -2.40. The maximum absolute atomic E-state index is 13.5. The number of hydrogen-bond acceptors (Lipinski definition) is 6. The van der Waals surface area contributed by atoms with Crippen molar-refractivity contribution in [1.29, 1.82) is 0 Å². The fourth-order valence-corrected chi connectivity index (χ4v) is 5.67. The van der Waals surface area contributed by atoms with Crippen molar-refractivity contribution in [2.24, 2.45) is 5.92 Å². The van der Waals surface area contributed by atoms with Gasteiger partial charge in [0.25, 0.3) is 5.91 Å². The molecule has 2 atom stereocenters. The van der Waals surface area contributed by atoms with Crippen LogP contribution < -0.4 is 4.74 Å². The summed E-state index contributed by atoms with van der Waals surface area (Å²) < 4.78 is 5.60. The van der Waals surface area contributed by atoms with Crippen LogP contribution in [0.25, 0.3) is 0 Å². The second kappa shape index (κ2) is 8.83. The molecule has 0 saturated carbocycles. The van der Waals surface area contributed by atoms with Crippen molar-refractivity contribution < 1.29 is 29.3 Å². The number of hydrogen-bond donors (Lipinski definition) is 2. The van der Waals surface area contributed by atoms with Crippen LogP contribution in [0.3, 0.4) is 0 Å². The van der Waals surface area contributed by atoms with Gasteiger partial charge in [0.15, 0.2) is 18.1 Å². The van der Waals surface area contributed by atoms with E-state index in [2.05, 4.69) is 0 Å². The molecular formula is C26H27NO6S. The first kappa shape index (κ1) is 23.9. The molecule has 1 amide bonds. The monoisotopic (exact) mass is 481 g/mol. The third-order valence-electron chi connectivity index (χ3n) is 6.61. The van der Waals surface area contributed by atoms with Gasteiger partial charge in [-0.25, -0.2) is 4.79 Å². The first-order valence-electron chi connectivity index (χ1n) is 11.0. The Hall–Kier alpha value is -3.26. The van der Waals surface area contributed by atoms with Crippen molar-refractivity contribution in [3.8, 4) is 5.75 Å². The molecule has 2 N–H and O–H groups in total. The molecule has 0 spiro atoms. The van der Waals surface area contributed by atoms with Crippen molar-refractivity contribution in [2.45, 2.75) is 39.2 Å². The highest BCUT2D eigenvalue weighted by Gasteiger charge is 2.55.